The van der Waals surface area contributed by atoms with E-state index in [2.05, 4.69) is 0 Å². The minimum absolute atomic E-state index is 0.0751. The summed E-state index contributed by atoms with van der Waals surface area (Å²) in [6, 6.07) is 4.39. The van der Waals surface area contributed by atoms with Crippen LogP contribution >= 0.6 is 11.6 Å². The van der Waals surface area contributed by atoms with Gasteiger partial charge in [-0.05, 0) is 45.7 Å². The molecular formula is C17H23ClFNO3. The van der Waals surface area contributed by atoms with Crippen molar-refractivity contribution in [3.05, 3.63) is 29.0 Å². The van der Waals surface area contributed by atoms with E-state index >= 15 is 0 Å². The van der Waals surface area contributed by atoms with Crippen LogP contribution in [0.25, 0.3) is 0 Å². The first-order valence-corrected chi connectivity index (χ1v) is 8.18. The molecule has 1 amide bonds. The minimum atomic E-state index is -0.499. The number of ether oxygens (including phenoxy) is 2. The quantitative estimate of drug-likeness (QED) is 0.810. The molecule has 1 saturated heterocycles. The second kappa shape index (κ2) is 7.39. The van der Waals surface area contributed by atoms with Crippen molar-refractivity contribution in [1.82, 2.24) is 4.90 Å². The number of hydrogen-bond donors (Lipinski definition) is 0. The number of amides is 1. The van der Waals surface area contributed by atoms with Gasteiger partial charge in [0, 0.05) is 25.1 Å². The van der Waals surface area contributed by atoms with Gasteiger partial charge in [0.05, 0.1) is 11.6 Å². The fourth-order valence-corrected chi connectivity index (χ4v) is 2.59. The van der Waals surface area contributed by atoms with Crippen LogP contribution in [0.2, 0.25) is 5.02 Å². The van der Waals surface area contributed by atoms with Crippen molar-refractivity contribution in [3.63, 3.8) is 0 Å². The van der Waals surface area contributed by atoms with Crippen molar-refractivity contribution >= 4 is 17.7 Å². The average molecular weight is 344 g/mol. The van der Waals surface area contributed by atoms with E-state index in [9.17, 15) is 9.18 Å². The first-order valence-electron chi connectivity index (χ1n) is 7.80. The summed E-state index contributed by atoms with van der Waals surface area (Å²) in [4.78, 5) is 13.8. The van der Waals surface area contributed by atoms with Gasteiger partial charge >= 0.3 is 6.09 Å². The lowest BCUT2D eigenvalue weighted by atomic mass is 9.99. The second-order valence-corrected chi connectivity index (χ2v) is 7.23. The van der Waals surface area contributed by atoms with E-state index in [0.717, 1.165) is 12.8 Å². The third-order valence-corrected chi connectivity index (χ3v) is 3.85. The Morgan fingerprint density at radius 1 is 1.43 bits per heavy atom. The highest BCUT2D eigenvalue weighted by atomic mass is 35.5. The maximum atomic E-state index is 13.4. The van der Waals surface area contributed by atoms with Crippen LogP contribution in [-0.4, -0.2) is 36.3 Å². The van der Waals surface area contributed by atoms with Crippen LogP contribution < -0.4 is 4.74 Å². The molecule has 1 fully saturated rings. The highest BCUT2D eigenvalue weighted by Gasteiger charge is 2.27. The Bertz CT molecular complexity index is 559. The highest BCUT2D eigenvalue weighted by Crippen LogP contribution is 2.23. The Balaban J connectivity index is 1.86. The van der Waals surface area contributed by atoms with E-state index in [1.807, 2.05) is 20.8 Å². The number of piperidine rings is 1. The summed E-state index contributed by atoms with van der Waals surface area (Å²) in [5.74, 6) is 0.152. The standard InChI is InChI=1S/C17H23ClFNO3/c1-17(2,3)23-16(21)20-8-4-5-12(10-20)11-22-13-6-7-14(18)15(19)9-13/h6-7,9,12H,4-5,8,10-11H2,1-3H3/t12-/m0/s1. The third-order valence-electron chi connectivity index (χ3n) is 3.55. The number of carbonyl (C=O) groups is 1. The van der Waals surface area contributed by atoms with E-state index < -0.39 is 11.4 Å². The van der Waals surface area contributed by atoms with Gasteiger partial charge in [-0.2, -0.15) is 0 Å². The van der Waals surface area contributed by atoms with Crippen LogP contribution in [-0.2, 0) is 4.74 Å². The molecule has 2 rings (SSSR count). The molecular weight excluding hydrogens is 321 g/mol. The van der Waals surface area contributed by atoms with E-state index in [0.29, 0.717) is 25.4 Å². The number of nitrogens with zero attached hydrogens (tertiary/aromatic N) is 1. The van der Waals surface area contributed by atoms with Gasteiger partial charge in [0.15, 0.2) is 0 Å². The van der Waals surface area contributed by atoms with Crippen LogP contribution in [0.15, 0.2) is 18.2 Å². The van der Waals surface area contributed by atoms with Gasteiger partial charge in [-0.3, -0.25) is 0 Å². The summed E-state index contributed by atoms with van der Waals surface area (Å²) < 4.78 is 24.4. The van der Waals surface area contributed by atoms with Crippen molar-refractivity contribution in [1.29, 1.82) is 0 Å². The molecule has 1 aromatic carbocycles. The molecule has 0 radical (unpaired) electrons. The topological polar surface area (TPSA) is 38.8 Å². The summed E-state index contributed by atoms with van der Waals surface area (Å²) in [6.45, 7) is 7.27. The van der Waals surface area contributed by atoms with Gasteiger partial charge in [-0.1, -0.05) is 11.6 Å². The number of rotatable bonds is 3. The molecule has 0 N–H and O–H groups in total. The van der Waals surface area contributed by atoms with Crippen LogP contribution in [0.5, 0.6) is 5.75 Å². The summed E-state index contributed by atoms with van der Waals surface area (Å²) in [7, 11) is 0. The van der Waals surface area contributed by atoms with Crippen molar-refractivity contribution in [2.24, 2.45) is 5.92 Å². The first kappa shape index (κ1) is 17.9. The first-order chi connectivity index (χ1) is 10.7. The van der Waals surface area contributed by atoms with Crippen LogP contribution in [0.4, 0.5) is 9.18 Å². The fraction of sp³-hybridized carbons (Fsp3) is 0.588. The number of hydrogen-bond acceptors (Lipinski definition) is 3. The zero-order valence-corrected chi connectivity index (χ0v) is 14.5. The highest BCUT2D eigenvalue weighted by molar-refractivity contribution is 6.30. The van der Waals surface area contributed by atoms with Crippen LogP contribution in [0.3, 0.4) is 0 Å². The molecule has 1 atom stereocenters. The molecule has 0 bridgehead atoms. The maximum Gasteiger partial charge on any atom is 0.410 e. The molecule has 23 heavy (non-hydrogen) atoms. The predicted octanol–water partition coefficient (Wildman–Crippen LogP) is 4.51. The van der Waals surface area contributed by atoms with E-state index in [4.69, 9.17) is 21.1 Å². The number of benzene rings is 1. The van der Waals surface area contributed by atoms with Gasteiger partial charge in [0.1, 0.15) is 17.2 Å². The Hall–Kier alpha value is -1.49. The third kappa shape index (κ3) is 5.57. The monoisotopic (exact) mass is 343 g/mol. The van der Waals surface area contributed by atoms with Gasteiger partial charge in [0.2, 0.25) is 0 Å². The summed E-state index contributed by atoms with van der Waals surface area (Å²) in [5.41, 5.74) is -0.499. The molecule has 1 aliphatic rings. The summed E-state index contributed by atoms with van der Waals surface area (Å²) in [5, 5.41) is 0.0751. The number of carbonyl (C=O) groups excluding carboxylic acids is 1. The summed E-state index contributed by atoms with van der Waals surface area (Å²) in [6.07, 6.45) is 1.58. The zero-order valence-electron chi connectivity index (χ0n) is 13.8. The van der Waals surface area contributed by atoms with E-state index in [1.165, 1.54) is 12.1 Å². The van der Waals surface area contributed by atoms with Crippen molar-refractivity contribution in [2.75, 3.05) is 19.7 Å². The Kier molecular flexibility index (Phi) is 5.74. The van der Waals surface area contributed by atoms with Crippen molar-refractivity contribution < 1.29 is 18.7 Å². The molecule has 1 heterocycles. The molecule has 6 heteroatoms. The van der Waals surface area contributed by atoms with Crippen LogP contribution in [0.1, 0.15) is 33.6 Å². The Morgan fingerprint density at radius 3 is 2.83 bits per heavy atom. The van der Waals surface area contributed by atoms with Crippen molar-refractivity contribution in [3.8, 4) is 5.75 Å². The van der Waals surface area contributed by atoms with E-state index in [-0.39, 0.29) is 17.0 Å². The van der Waals surface area contributed by atoms with Crippen LogP contribution in [0, 0.1) is 11.7 Å². The number of halogens is 2. The van der Waals surface area contributed by atoms with Gasteiger partial charge in [-0.25, -0.2) is 9.18 Å². The lowest BCUT2D eigenvalue weighted by Gasteiger charge is -2.34. The lowest BCUT2D eigenvalue weighted by Crippen LogP contribution is -2.44. The van der Waals surface area contributed by atoms with Gasteiger partial charge in [-0.15, -0.1) is 0 Å². The second-order valence-electron chi connectivity index (χ2n) is 6.82. The molecule has 128 valence electrons. The molecule has 0 spiro atoms. The normalized spacial score (nSPS) is 18.7. The van der Waals surface area contributed by atoms with Gasteiger partial charge < -0.3 is 14.4 Å². The smallest absolute Gasteiger partial charge is 0.410 e. The molecule has 0 saturated carbocycles. The lowest BCUT2D eigenvalue weighted by molar-refractivity contribution is 0.0139. The Morgan fingerprint density at radius 2 is 2.17 bits per heavy atom. The SMILES string of the molecule is CC(C)(C)OC(=O)N1CCC[C@H](COc2ccc(Cl)c(F)c2)C1. The van der Waals surface area contributed by atoms with E-state index in [1.54, 1.807) is 11.0 Å². The Labute approximate surface area is 141 Å². The zero-order chi connectivity index (χ0) is 17.0. The van der Waals surface area contributed by atoms with Gasteiger partial charge in [0.25, 0.3) is 0 Å². The minimum Gasteiger partial charge on any atom is -0.493 e. The molecule has 0 aliphatic carbocycles. The molecule has 4 nitrogen and oxygen atoms in total. The number of likely N-dealkylation sites (tertiary alicyclic amines) is 1. The van der Waals surface area contributed by atoms with Crippen molar-refractivity contribution in [2.45, 2.75) is 39.2 Å². The molecule has 1 aliphatic heterocycles. The molecule has 0 aromatic heterocycles. The fourth-order valence-electron chi connectivity index (χ4n) is 2.47. The predicted molar refractivity (Wildman–Crippen MR) is 87.4 cm³/mol. The summed E-state index contributed by atoms with van der Waals surface area (Å²) >= 11 is 5.65. The maximum absolute atomic E-state index is 13.4. The average Bonchev–Trinajstić information content (AvgIpc) is 2.47. The molecule has 0 unspecified atom stereocenters. The molecule has 1 aromatic rings. The largest absolute Gasteiger partial charge is 0.493 e.